The van der Waals surface area contributed by atoms with Gasteiger partial charge in [0.15, 0.2) is 11.2 Å². The van der Waals surface area contributed by atoms with Crippen molar-refractivity contribution in [2.45, 2.75) is 45.8 Å². The Morgan fingerprint density at radius 1 is 1.27 bits per heavy atom. The zero-order valence-electron chi connectivity index (χ0n) is 18.7. The summed E-state index contributed by atoms with van der Waals surface area (Å²) >= 11 is 1.41. The fourth-order valence-electron chi connectivity index (χ4n) is 4.07. The van der Waals surface area contributed by atoms with Crippen LogP contribution < -0.4 is 11.2 Å². The Labute approximate surface area is 193 Å². The molecule has 1 fully saturated rings. The molecule has 4 rings (SSSR count). The van der Waals surface area contributed by atoms with Crippen LogP contribution in [0, 0.1) is 5.92 Å². The van der Waals surface area contributed by atoms with Crippen LogP contribution in [0.2, 0.25) is 0 Å². The van der Waals surface area contributed by atoms with E-state index in [2.05, 4.69) is 9.97 Å². The summed E-state index contributed by atoms with van der Waals surface area (Å²) in [6.07, 6.45) is 2.74. The van der Waals surface area contributed by atoms with Crippen LogP contribution in [0.1, 0.15) is 48.1 Å². The van der Waals surface area contributed by atoms with Crippen molar-refractivity contribution >= 4 is 34.4 Å². The number of fused-ring (bicyclic) bond motifs is 1. The molecule has 0 aliphatic carbocycles. The Hall–Kier alpha value is -3.21. The Kier molecular flexibility index (Phi) is 6.77. The van der Waals surface area contributed by atoms with E-state index in [1.54, 1.807) is 22.6 Å². The number of hydrogen-bond acceptors (Lipinski definition) is 7. The van der Waals surface area contributed by atoms with E-state index in [4.69, 9.17) is 4.74 Å². The van der Waals surface area contributed by atoms with Crippen LogP contribution in [-0.4, -0.2) is 49.0 Å². The van der Waals surface area contributed by atoms with Crippen molar-refractivity contribution < 1.29 is 14.3 Å². The third kappa shape index (κ3) is 4.63. The Morgan fingerprint density at radius 3 is 2.70 bits per heavy atom. The summed E-state index contributed by atoms with van der Waals surface area (Å²) in [7, 11) is 1.66. The lowest BCUT2D eigenvalue weighted by Crippen LogP contribution is -2.40. The second-order valence-corrected chi connectivity index (χ2v) is 9.12. The number of aromatic amines is 1. The van der Waals surface area contributed by atoms with E-state index in [1.807, 2.05) is 18.4 Å². The Bertz CT molecular complexity index is 1260. The molecule has 3 aromatic rings. The minimum atomic E-state index is -0.516. The van der Waals surface area contributed by atoms with Gasteiger partial charge in [0.2, 0.25) is 0 Å². The van der Waals surface area contributed by atoms with E-state index < -0.39 is 11.2 Å². The number of H-pyrrole nitrogens is 1. The molecule has 33 heavy (non-hydrogen) atoms. The van der Waals surface area contributed by atoms with Crippen LogP contribution in [0.5, 0.6) is 0 Å². The lowest BCUT2D eigenvalue weighted by Gasteiger charge is -2.30. The normalized spacial score (nSPS) is 14.7. The van der Waals surface area contributed by atoms with Gasteiger partial charge in [0.05, 0.1) is 10.8 Å². The van der Waals surface area contributed by atoms with Crippen molar-refractivity contribution in [3.05, 3.63) is 49.1 Å². The quantitative estimate of drug-likeness (QED) is 0.523. The molecule has 1 aliphatic rings. The maximum absolute atomic E-state index is 12.6. The summed E-state index contributed by atoms with van der Waals surface area (Å²) in [4.78, 5) is 59.0. The molecule has 1 amide bonds. The first-order valence-corrected chi connectivity index (χ1v) is 12.0. The fourth-order valence-corrected chi connectivity index (χ4v) is 4.76. The zero-order chi connectivity index (χ0) is 23.5. The standard InChI is InChI=1S/C22H27N5O5S/c1-3-4-9-27-18-17(19(28)24-22(27)31)25(2)16(23-18)13-32-21(30)14-7-10-26(11-8-14)20(29)15-6-5-12-33-15/h5-6,12,14H,3-4,7-11,13H2,1-2H3,(H,24,28,31). The molecule has 10 nitrogen and oxygen atoms in total. The Balaban J connectivity index is 1.41. The second-order valence-electron chi connectivity index (χ2n) is 8.18. The van der Waals surface area contributed by atoms with Crippen molar-refractivity contribution in [1.82, 2.24) is 24.0 Å². The number of carbonyl (C=O) groups excluding carboxylic acids is 2. The van der Waals surface area contributed by atoms with Gasteiger partial charge in [-0.2, -0.15) is 0 Å². The summed E-state index contributed by atoms with van der Waals surface area (Å²) in [6.45, 7) is 3.37. The summed E-state index contributed by atoms with van der Waals surface area (Å²) in [5.74, 6) is -0.248. The van der Waals surface area contributed by atoms with Gasteiger partial charge in [0, 0.05) is 26.7 Å². The van der Waals surface area contributed by atoms with Crippen LogP contribution in [-0.2, 0) is 29.7 Å². The van der Waals surface area contributed by atoms with Gasteiger partial charge in [0.1, 0.15) is 12.4 Å². The summed E-state index contributed by atoms with van der Waals surface area (Å²) < 4.78 is 8.53. The molecule has 1 saturated heterocycles. The minimum Gasteiger partial charge on any atom is -0.457 e. The number of esters is 1. The molecule has 0 saturated carbocycles. The molecule has 3 aromatic heterocycles. The molecule has 4 heterocycles. The van der Waals surface area contributed by atoms with Crippen molar-refractivity contribution in [3.63, 3.8) is 0 Å². The minimum absolute atomic E-state index is 0.00383. The number of aromatic nitrogens is 4. The third-order valence-electron chi connectivity index (χ3n) is 6.03. The van der Waals surface area contributed by atoms with Crippen molar-refractivity contribution in [2.24, 2.45) is 13.0 Å². The van der Waals surface area contributed by atoms with Crippen LogP contribution in [0.25, 0.3) is 11.2 Å². The number of rotatable bonds is 7. The maximum Gasteiger partial charge on any atom is 0.330 e. The average Bonchev–Trinajstić information content (AvgIpc) is 3.46. The number of thiophene rings is 1. The number of hydrogen-bond donors (Lipinski definition) is 1. The first kappa shape index (κ1) is 23.0. The van der Waals surface area contributed by atoms with Gasteiger partial charge in [-0.3, -0.25) is 23.9 Å². The number of amides is 1. The van der Waals surface area contributed by atoms with E-state index in [-0.39, 0.29) is 29.9 Å². The Morgan fingerprint density at radius 2 is 2.03 bits per heavy atom. The highest BCUT2D eigenvalue weighted by molar-refractivity contribution is 7.12. The van der Waals surface area contributed by atoms with Gasteiger partial charge < -0.3 is 14.2 Å². The van der Waals surface area contributed by atoms with Crippen molar-refractivity contribution in [2.75, 3.05) is 13.1 Å². The van der Waals surface area contributed by atoms with Gasteiger partial charge >= 0.3 is 11.7 Å². The number of unbranched alkanes of at least 4 members (excludes halogenated alkanes) is 1. The van der Waals surface area contributed by atoms with Gasteiger partial charge in [-0.1, -0.05) is 19.4 Å². The van der Waals surface area contributed by atoms with Crippen LogP contribution in [0.15, 0.2) is 27.1 Å². The predicted molar refractivity (Wildman–Crippen MR) is 123 cm³/mol. The van der Waals surface area contributed by atoms with E-state index >= 15 is 0 Å². The SMILES string of the molecule is CCCCn1c(=O)[nH]c(=O)c2c1nc(COC(=O)C1CCN(C(=O)c3cccs3)CC1)n2C. The summed E-state index contributed by atoms with van der Waals surface area (Å²) in [5.41, 5.74) is -0.437. The molecule has 0 radical (unpaired) electrons. The van der Waals surface area contributed by atoms with Crippen LogP contribution in [0.3, 0.4) is 0 Å². The molecular weight excluding hydrogens is 446 g/mol. The highest BCUT2D eigenvalue weighted by Crippen LogP contribution is 2.22. The molecule has 1 aliphatic heterocycles. The highest BCUT2D eigenvalue weighted by Gasteiger charge is 2.29. The zero-order valence-corrected chi connectivity index (χ0v) is 19.5. The summed E-state index contributed by atoms with van der Waals surface area (Å²) in [5, 5.41) is 1.87. The molecule has 0 aromatic carbocycles. The number of nitrogens with zero attached hydrogens (tertiary/aromatic N) is 4. The molecule has 0 unspecified atom stereocenters. The monoisotopic (exact) mass is 473 g/mol. The molecular formula is C22H27N5O5S. The molecule has 0 spiro atoms. The largest absolute Gasteiger partial charge is 0.457 e. The van der Waals surface area contributed by atoms with Gasteiger partial charge in [-0.25, -0.2) is 9.78 Å². The number of ether oxygens (including phenoxy) is 1. The average molecular weight is 474 g/mol. The van der Waals surface area contributed by atoms with E-state index in [9.17, 15) is 19.2 Å². The number of aryl methyl sites for hydroxylation is 2. The first-order chi connectivity index (χ1) is 15.9. The molecule has 176 valence electrons. The van der Waals surface area contributed by atoms with E-state index in [0.29, 0.717) is 48.8 Å². The van der Waals surface area contributed by atoms with Gasteiger partial charge in [0.25, 0.3) is 11.5 Å². The van der Waals surface area contributed by atoms with E-state index in [1.165, 1.54) is 15.9 Å². The fraction of sp³-hybridized carbons (Fsp3) is 0.500. The van der Waals surface area contributed by atoms with Gasteiger partial charge in [-0.15, -0.1) is 11.3 Å². The van der Waals surface area contributed by atoms with E-state index in [0.717, 1.165) is 12.8 Å². The van der Waals surface area contributed by atoms with Crippen LogP contribution in [0.4, 0.5) is 0 Å². The predicted octanol–water partition coefficient (Wildman–Crippen LogP) is 1.88. The lowest BCUT2D eigenvalue weighted by molar-refractivity contribution is -0.151. The van der Waals surface area contributed by atoms with Crippen molar-refractivity contribution in [3.8, 4) is 0 Å². The lowest BCUT2D eigenvalue weighted by atomic mass is 9.97. The van der Waals surface area contributed by atoms with Gasteiger partial charge in [-0.05, 0) is 30.7 Å². The number of likely N-dealkylation sites (tertiary alicyclic amines) is 1. The maximum atomic E-state index is 12.6. The van der Waals surface area contributed by atoms with Crippen LogP contribution >= 0.6 is 11.3 Å². The molecule has 1 N–H and O–H groups in total. The smallest absolute Gasteiger partial charge is 0.330 e. The number of piperidine rings is 1. The number of carbonyl (C=O) groups is 2. The molecule has 0 bridgehead atoms. The van der Waals surface area contributed by atoms with Crippen molar-refractivity contribution in [1.29, 1.82) is 0 Å². The molecule has 11 heteroatoms. The summed E-state index contributed by atoms with van der Waals surface area (Å²) in [6, 6.07) is 3.65. The topological polar surface area (TPSA) is 119 Å². The molecule has 0 atom stereocenters. The number of nitrogens with one attached hydrogen (secondary N) is 1. The second kappa shape index (κ2) is 9.74. The third-order valence-corrected chi connectivity index (χ3v) is 6.89. The number of imidazole rings is 1. The highest BCUT2D eigenvalue weighted by atomic mass is 32.1. The first-order valence-electron chi connectivity index (χ1n) is 11.1.